The molecule has 1 aromatic rings. The van der Waals surface area contributed by atoms with E-state index < -0.39 is 53.2 Å². The van der Waals surface area contributed by atoms with Crippen LogP contribution in [-0.2, 0) is 11.5 Å². The molecule has 0 aliphatic heterocycles. The van der Waals surface area contributed by atoms with Crippen LogP contribution in [0.4, 0.5) is 22.0 Å². The van der Waals surface area contributed by atoms with Crippen LogP contribution in [0.1, 0.15) is 6.92 Å². The topological polar surface area (TPSA) is 43.4 Å². The van der Waals surface area contributed by atoms with Crippen molar-refractivity contribution in [2.75, 3.05) is 6.61 Å². The van der Waals surface area contributed by atoms with Crippen molar-refractivity contribution >= 4 is 17.5 Å². The van der Waals surface area contributed by atoms with Crippen molar-refractivity contribution in [2.45, 2.75) is 6.92 Å². The van der Waals surface area contributed by atoms with Crippen molar-refractivity contribution in [1.29, 1.82) is 0 Å². The van der Waals surface area contributed by atoms with Crippen LogP contribution in [0.25, 0.3) is 0 Å². The summed E-state index contributed by atoms with van der Waals surface area (Å²) in [4.78, 5) is 0. The van der Waals surface area contributed by atoms with Gasteiger partial charge in [-0.1, -0.05) is 0 Å². The van der Waals surface area contributed by atoms with E-state index in [1.807, 2.05) is 0 Å². The maximum atomic E-state index is 13.1. The zero-order valence-electron chi connectivity index (χ0n) is 8.23. The first-order chi connectivity index (χ1) is 7.74. The van der Waals surface area contributed by atoms with Crippen LogP contribution >= 0.6 is 0 Å². The van der Waals surface area contributed by atoms with Gasteiger partial charge in [0, 0.05) is 0 Å². The van der Waals surface area contributed by atoms with E-state index >= 15 is 0 Å². The van der Waals surface area contributed by atoms with Gasteiger partial charge < -0.3 is 0 Å². The van der Waals surface area contributed by atoms with Crippen LogP contribution < -0.4 is 4.46 Å². The van der Waals surface area contributed by atoms with Crippen LogP contribution in [0.2, 0.25) is 0 Å². The van der Waals surface area contributed by atoms with Crippen molar-refractivity contribution in [2.24, 2.45) is 0 Å². The van der Waals surface area contributed by atoms with Crippen LogP contribution in [0.15, 0.2) is 0 Å². The van der Waals surface area contributed by atoms with E-state index in [0.29, 0.717) is 0 Å². The van der Waals surface area contributed by atoms with Gasteiger partial charge in [-0.3, -0.25) is 0 Å². The van der Waals surface area contributed by atoms with Gasteiger partial charge in [-0.05, 0) is 0 Å². The Labute approximate surface area is 94.1 Å². The fraction of sp³-hybridized carbons (Fsp3) is 0.250. The first-order valence-electron chi connectivity index (χ1n) is 4.14. The first kappa shape index (κ1) is 14.0. The van der Waals surface area contributed by atoms with E-state index in [2.05, 4.69) is 3.82 Å². The molecule has 0 heterocycles. The summed E-state index contributed by atoms with van der Waals surface area (Å²) in [6.45, 7) is 0.709. The quantitative estimate of drug-likeness (QED) is 0.366. The maximum absolute atomic E-state index is 13.1. The Morgan fingerprint density at radius 3 is 1.59 bits per heavy atom. The first-order valence-corrected chi connectivity index (χ1v) is 7.10. The van der Waals surface area contributed by atoms with Crippen molar-refractivity contribution < 1.29 is 33.4 Å². The van der Waals surface area contributed by atoms with Crippen molar-refractivity contribution in [3.8, 4) is 0 Å². The van der Waals surface area contributed by atoms with Gasteiger partial charge in [-0.15, -0.1) is 0 Å². The summed E-state index contributed by atoms with van der Waals surface area (Å²) in [6, 6.07) is 0. The molecule has 1 aromatic carbocycles. The number of hydrogen-bond acceptors (Lipinski definition) is 3. The number of hydrogen-bond donors (Lipinski definition) is 0. The Morgan fingerprint density at radius 1 is 0.882 bits per heavy atom. The average Bonchev–Trinajstić information content (AvgIpc) is 2.23. The third-order valence-corrected chi connectivity index (χ3v) is 4.64. The minimum absolute atomic E-state index is 0.480. The van der Waals surface area contributed by atoms with Crippen molar-refractivity contribution in [1.82, 2.24) is 0 Å². The summed E-state index contributed by atoms with van der Waals surface area (Å²) in [7, 11) is 0. The molecule has 0 radical (unpaired) electrons. The third kappa shape index (κ3) is 2.31. The van der Waals surface area contributed by atoms with E-state index in [-0.39, 0.29) is 0 Å². The number of rotatable bonds is 3. The number of halogens is 5. The summed E-state index contributed by atoms with van der Waals surface area (Å²) in [5.74, 6) is -11.9. The van der Waals surface area contributed by atoms with Crippen molar-refractivity contribution in [3.63, 3.8) is 0 Å². The second-order valence-corrected chi connectivity index (χ2v) is 6.02. The summed E-state index contributed by atoms with van der Waals surface area (Å²) in [5.41, 5.74) is 0. The predicted molar refractivity (Wildman–Crippen MR) is 44.6 cm³/mol. The Balaban J connectivity index is 3.67. The number of benzene rings is 1. The van der Waals surface area contributed by atoms with Crippen LogP contribution in [0, 0.1) is 29.1 Å². The molecule has 0 saturated heterocycles. The van der Waals surface area contributed by atoms with Gasteiger partial charge in [0.25, 0.3) is 0 Å². The Bertz CT molecular complexity index is 526. The molecule has 0 aliphatic carbocycles. The summed E-state index contributed by atoms with van der Waals surface area (Å²) < 4.78 is 88.7. The third-order valence-electron chi connectivity index (χ3n) is 1.69. The van der Waals surface area contributed by atoms with Gasteiger partial charge in [0.1, 0.15) is 0 Å². The molecule has 96 valence electrons. The molecule has 0 aliphatic rings. The van der Waals surface area contributed by atoms with Gasteiger partial charge in [-0.2, -0.15) is 0 Å². The van der Waals surface area contributed by atoms with Crippen LogP contribution in [0.3, 0.4) is 0 Å². The molecule has 0 spiro atoms. The SMILES string of the molecule is CCO[Se](=O)(=O)c1c(F)c(F)c(F)c(F)c1F. The molecule has 0 N–H and O–H groups in total. The molecule has 0 aromatic heterocycles. The molecular weight excluding hydrogens is 318 g/mol. The van der Waals surface area contributed by atoms with Crippen molar-refractivity contribution in [3.05, 3.63) is 29.1 Å². The summed E-state index contributed by atoms with van der Waals surface area (Å²) in [6.07, 6.45) is 0. The van der Waals surface area contributed by atoms with Crippen LogP contribution in [-0.4, -0.2) is 19.6 Å². The molecule has 0 atom stereocenters. The molecule has 0 saturated carbocycles. The van der Waals surface area contributed by atoms with E-state index in [4.69, 9.17) is 0 Å². The van der Waals surface area contributed by atoms with Gasteiger partial charge in [0.15, 0.2) is 0 Å². The fourth-order valence-corrected chi connectivity index (χ4v) is 3.21. The average molecular weight is 323 g/mol. The Morgan fingerprint density at radius 2 is 1.24 bits per heavy atom. The molecule has 0 bridgehead atoms. The normalized spacial score (nSPS) is 11.9. The standard InChI is InChI=1S/C8H5F5O3Se/c1-2-16-17(14,15)8-6(12)4(10)3(9)5(11)7(8)13/h2H2,1H3. The monoisotopic (exact) mass is 324 g/mol. The summed E-state index contributed by atoms with van der Waals surface area (Å²) >= 11 is -5.84. The zero-order valence-corrected chi connectivity index (χ0v) is 9.94. The molecule has 3 nitrogen and oxygen atoms in total. The molecule has 17 heavy (non-hydrogen) atoms. The molecule has 0 fully saturated rings. The van der Waals surface area contributed by atoms with Gasteiger partial charge in [0.05, 0.1) is 0 Å². The molecule has 1 rings (SSSR count). The second kappa shape index (κ2) is 4.67. The molecule has 0 unspecified atom stereocenters. The van der Waals surface area contributed by atoms with Gasteiger partial charge in [-0.25, -0.2) is 0 Å². The molecule has 9 heteroatoms. The Kier molecular flexibility index (Phi) is 3.85. The zero-order chi connectivity index (χ0) is 13.4. The molecule has 0 amide bonds. The predicted octanol–water partition coefficient (Wildman–Crippen LogP) is 1.43. The molecular formula is C8H5F5O3Se. The van der Waals surface area contributed by atoms with E-state index in [9.17, 15) is 29.6 Å². The second-order valence-electron chi connectivity index (χ2n) is 2.76. The van der Waals surface area contributed by atoms with Gasteiger partial charge in [0.2, 0.25) is 0 Å². The minimum atomic E-state index is -5.84. The van der Waals surface area contributed by atoms with E-state index in [1.165, 1.54) is 6.92 Å². The van der Waals surface area contributed by atoms with Crippen LogP contribution in [0.5, 0.6) is 0 Å². The van der Waals surface area contributed by atoms with E-state index in [0.717, 1.165) is 0 Å². The fourth-order valence-electron chi connectivity index (χ4n) is 1.02. The Hall–Kier alpha value is -1.05. The van der Waals surface area contributed by atoms with E-state index in [1.54, 1.807) is 0 Å². The summed E-state index contributed by atoms with van der Waals surface area (Å²) in [5, 5.41) is 0. The van der Waals surface area contributed by atoms with Gasteiger partial charge >= 0.3 is 93.6 Å².